The highest BCUT2D eigenvalue weighted by molar-refractivity contribution is 7.99. The van der Waals surface area contributed by atoms with E-state index in [1.807, 2.05) is 0 Å². The van der Waals surface area contributed by atoms with Crippen molar-refractivity contribution in [1.29, 1.82) is 0 Å². The number of anilines is 1. The molecule has 1 saturated heterocycles. The number of carbonyl (C=O) groups excluding carboxylic acids is 2. The largest absolute Gasteiger partial charge is 0.466 e. The van der Waals surface area contributed by atoms with Crippen LogP contribution in [-0.4, -0.2) is 57.2 Å². The highest BCUT2D eigenvalue weighted by atomic mass is 32.2. The van der Waals surface area contributed by atoms with Crippen molar-refractivity contribution in [2.24, 2.45) is 5.92 Å². The topological polar surface area (TPSA) is 111 Å². The van der Waals surface area contributed by atoms with Gasteiger partial charge in [0.2, 0.25) is 11.9 Å². The number of likely N-dealkylation sites (tertiary alicyclic amines) is 1. The number of aromatic nitrogens is 3. The quantitative estimate of drug-likeness (QED) is 0.609. The van der Waals surface area contributed by atoms with Gasteiger partial charge >= 0.3 is 5.97 Å². The fourth-order valence-electron chi connectivity index (χ4n) is 2.24. The standard InChI is InChI=1S/C13H19N5O3S/c1-2-21-11(20)9-4-3-5-18(6-9)10(19)7-22-13-16-8-15-12(14)17-13/h8-9H,2-7H2,1H3,(H2,14,15,16,17). The smallest absolute Gasteiger partial charge is 0.310 e. The molecule has 1 aromatic rings. The number of nitrogen functional groups attached to an aromatic ring is 1. The lowest BCUT2D eigenvalue weighted by Crippen LogP contribution is -2.43. The van der Waals surface area contributed by atoms with Crippen LogP contribution in [0.15, 0.2) is 11.5 Å². The third-order valence-electron chi connectivity index (χ3n) is 3.29. The molecular formula is C13H19N5O3S. The van der Waals surface area contributed by atoms with Crippen molar-refractivity contribution in [2.75, 3.05) is 31.2 Å². The molecule has 2 N–H and O–H groups in total. The van der Waals surface area contributed by atoms with E-state index in [1.54, 1.807) is 11.8 Å². The van der Waals surface area contributed by atoms with E-state index >= 15 is 0 Å². The molecule has 1 amide bonds. The van der Waals surface area contributed by atoms with Crippen LogP contribution >= 0.6 is 11.8 Å². The molecule has 9 heteroatoms. The minimum Gasteiger partial charge on any atom is -0.466 e. The number of nitrogens with zero attached hydrogens (tertiary/aromatic N) is 4. The van der Waals surface area contributed by atoms with Crippen molar-refractivity contribution in [3.63, 3.8) is 0 Å². The van der Waals surface area contributed by atoms with E-state index in [-0.39, 0.29) is 29.5 Å². The molecule has 0 spiro atoms. The molecule has 22 heavy (non-hydrogen) atoms. The van der Waals surface area contributed by atoms with Crippen LogP contribution in [0.1, 0.15) is 19.8 Å². The second-order valence-corrected chi connectivity index (χ2v) is 5.79. The van der Waals surface area contributed by atoms with E-state index in [0.29, 0.717) is 24.9 Å². The number of thioether (sulfide) groups is 1. The Kier molecular flexibility index (Phi) is 5.93. The molecule has 1 unspecified atom stereocenters. The van der Waals surface area contributed by atoms with Crippen molar-refractivity contribution < 1.29 is 14.3 Å². The van der Waals surface area contributed by atoms with Gasteiger partial charge in [-0.05, 0) is 19.8 Å². The Morgan fingerprint density at radius 2 is 2.32 bits per heavy atom. The molecule has 0 aromatic carbocycles. The minimum atomic E-state index is -0.226. The molecule has 120 valence electrons. The Hall–Kier alpha value is -1.90. The zero-order valence-corrected chi connectivity index (χ0v) is 13.2. The van der Waals surface area contributed by atoms with Crippen LogP contribution in [0.5, 0.6) is 0 Å². The average Bonchev–Trinajstić information content (AvgIpc) is 2.53. The van der Waals surface area contributed by atoms with Gasteiger partial charge in [0, 0.05) is 13.1 Å². The van der Waals surface area contributed by atoms with Gasteiger partial charge in [0.05, 0.1) is 18.3 Å². The first-order valence-electron chi connectivity index (χ1n) is 7.12. The molecule has 0 radical (unpaired) electrons. The number of amides is 1. The first-order chi connectivity index (χ1) is 10.6. The number of ether oxygens (including phenoxy) is 1. The molecule has 0 bridgehead atoms. The summed E-state index contributed by atoms with van der Waals surface area (Å²) in [5, 5.41) is 0.416. The maximum absolute atomic E-state index is 12.2. The number of rotatable bonds is 5. The normalized spacial score (nSPS) is 18.0. The molecule has 8 nitrogen and oxygen atoms in total. The third kappa shape index (κ3) is 4.55. The zero-order valence-electron chi connectivity index (χ0n) is 12.4. The Labute approximate surface area is 132 Å². The fraction of sp³-hybridized carbons (Fsp3) is 0.615. The van der Waals surface area contributed by atoms with Crippen LogP contribution < -0.4 is 5.73 Å². The highest BCUT2D eigenvalue weighted by Crippen LogP contribution is 2.20. The number of esters is 1. The third-order valence-corrected chi connectivity index (χ3v) is 4.13. The molecular weight excluding hydrogens is 306 g/mol. The molecule has 2 heterocycles. The van der Waals surface area contributed by atoms with Crippen molar-refractivity contribution >= 4 is 29.6 Å². The lowest BCUT2D eigenvalue weighted by Gasteiger charge is -2.31. The molecule has 2 rings (SSSR count). The van der Waals surface area contributed by atoms with Crippen LogP contribution in [0.2, 0.25) is 0 Å². The highest BCUT2D eigenvalue weighted by Gasteiger charge is 2.29. The molecule has 1 aliphatic heterocycles. The lowest BCUT2D eigenvalue weighted by atomic mass is 9.98. The molecule has 1 fully saturated rings. The summed E-state index contributed by atoms with van der Waals surface area (Å²) in [6.45, 7) is 3.22. The minimum absolute atomic E-state index is 0.0435. The number of hydrogen-bond donors (Lipinski definition) is 1. The van der Waals surface area contributed by atoms with E-state index in [2.05, 4.69) is 15.0 Å². The maximum atomic E-state index is 12.2. The summed E-state index contributed by atoms with van der Waals surface area (Å²) in [5.41, 5.74) is 5.47. The first kappa shape index (κ1) is 16.5. The van der Waals surface area contributed by atoms with E-state index in [1.165, 1.54) is 18.1 Å². The summed E-state index contributed by atoms with van der Waals surface area (Å²) in [5.74, 6) is -0.157. The second kappa shape index (κ2) is 7.92. The van der Waals surface area contributed by atoms with Crippen LogP contribution in [0.25, 0.3) is 0 Å². The Balaban J connectivity index is 1.85. The zero-order chi connectivity index (χ0) is 15.9. The van der Waals surface area contributed by atoms with Gasteiger partial charge in [-0.25, -0.2) is 9.97 Å². The number of carbonyl (C=O) groups is 2. The average molecular weight is 325 g/mol. The summed E-state index contributed by atoms with van der Waals surface area (Å²) in [7, 11) is 0. The molecule has 1 aliphatic rings. The summed E-state index contributed by atoms with van der Waals surface area (Å²) in [6.07, 6.45) is 2.88. The van der Waals surface area contributed by atoms with Gasteiger partial charge in [-0.15, -0.1) is 0 Å². The number of nitrogens with two attached hydrogens (primary N) is 1. The Bertz CT molecular complexity index is 542. The maximum Gasteiger partial charge on any atom is 0.310 e. The second-order valence-electron chi connectivity index (χ2n) is 4.85. The van der Waals surface area contributed by atoms with E-state index in [9.17, 15) is 9.59 Å². The monoisotopic (exact) mass is 325 g/mol. The lowest BCUT2D eigenvalue weighted by molar-refractivity contribution is -0.151. The van der Waals surface area contributed by atoms with Crippen LogP contribution in [-0.2, 0) is 14.3 Å². The van der Waals surface area contributed by atoms with Gasteiger partial charge in [-0.2, -0.15) is 4.98 Å². The first-order valence-corrected chi connectivity index (χ1v) is 8.10. The molecule has 1 atom stereocenters. The van der Waals surface area contributed by atoms with Gasteiger partial charge in [-0.3, -0.25) is 9.59 Å². The van der Waals surface area contributed by atoms with Gasteiger partial charge in [0.25, 0.3) is 0 Å². The summed E-state index contributed by atoms with van der Waals surface area (Å²) in [6, 6.07) is 0. The Morgan fingerprint density at radius 1 is 1.50 bits per heavy atom. The molecule has 0 saturated carbocycles. The van der Waals surface area contributed by atoms with Crippen LogP contribution in [0.3, 0.4) is 0 Å². The van der Waals surface area contributed by atoms with Gasteiger partial charge in [-0.1, -0.05) is 11.8 Å². The molecule has 1 aromatic heterocycles. The SMILES string of the molecule is CCOC(=O)C1CCCN(C(=O)CSc2ncnc(N)n2)C1. The number of piperidine rings is 1. The van der Waals surface area contributed by atoms with E-state index in [0.717, 1.165) is 12.8 Å². The van der Waals surface area contributed by atoms with Gasteiger partial charge in [0.1, 0.15) is 6.33 Å². The van der Waals surface area contributed by atoms with Crippen molar-refractivity contribution in [2.45, 2.75) is 24.9 Å². The summed E-state index contributed by atoms with van der Waals surface area (Å²) in [4.78, 5) is 37.3. The van der Waals surface area contributed by atoms with Crippen molar-refractivity contribution in [3.8, 4) is 0 Å². The van der Waals surface area contributed by atoms with Crippen LogP contribution in [0, 0.1) is 5.92 Å². The van der Waals surface area contributed by atoms with Crippen molar-refractivity contribution in [1.82, 2.24) is 19.9 Å². The van der Waals surface area contributed by atoms with Crippen molar-refractivity contribution in [3.05, 3.63) is 6.33 Å². The van der Waals surface area contributed by atoms with Gasteiger partial charge < -0.3 is 15.4 Å². The van der Waals surface area contributed by atoms with E-state index in [4.69, 9.17) is 10.5 Å². The molecule has 0 aliphatic carbocycles. The predicted molar refractivity (Wildman–Crippen MR) is 80.9 cm³/mol. The fourth-order valence-corrected chi connectivity index (χ4v) is 2.95. The van der Waals surface area contributed by atoms with Crippen LogP contribution in [0.4, 0.5) is 5.95 Å². The Morgan fingerprint density at radius 3 is 3.05 bits per heavy atom. The summed E-state index contributed by atoms with van der Waals surface area (Å²) < 4.78 is 5.03. The van der Waals surface area contributed by atoms with E-state index < -0.39 is 0 Å². The number of hydrogen-bond acceptors (Lipinski definition) is 8. The predicted octanol–water partition coefficient (Wildman–Crippen LogP) is 0.348. The van der Waals surface area contributed by atoms with Gasteiger partial charge in [0.15, 0.2) is 5.16 Å². The summed E-state index contributed by atoms with van der Waals surface area (Å²) >= 11 is 1.21.